The molecule has 1 N–H and O–H groups in total. The summed E-state index contributed by atoms with van der Waals surface area (Å²) in [6.07, 6.45) is -0.966. The van der Waals surface area contributed by atoms with Crippen molar-refractivity contribution in [3.8, 4) is 17.6 Å². The first-order valence-corrected chi connectivity index (χ1v) is 9.42. The smallest absolute Gasteiger partial charge is 0.417 e. The zero-order valence-electron chi connectivity index (χ0n) is 15.7. The Hall–Kier alpha value is -3.02. The van der Waals surface area contributed by atoms with Gasteiger partial charge in [-0.05, 0) is 43.9 Å². The van der Waals surface area contributed by atoms with E-state index in [0.717, 1.165) is 43.5 Å². The molecule has 0 aliphatic heterocycles. The van der Waals surface area contributed by atoms with Crippen LogP contribution in [-0.4, -0.2) is 22.7 Å². The summed E-state index contributed by atoms with van der Waals surface area (Å²) < 4.78 is 47.5. The van der Waals surface area contributed by atoms with E-state index >= 15 is 0 Å². The van der Waals surface area contributed by atoms with Crippen molar-refractivity contribution in [1.29, 1.82) is 5.26 Å². The lowest BCUT2D eigenvalue weighted by Gasteiger charge is -2.13. The summed E-state index contributed by atoms with van der Waals surface area (Å²) in [5.41, 5.74) is -0.0386. The molecule has 2 saturated carbocycles. The van der Waals surface area contributed by atoms with Gasteiger partial charge in [0.05, 0.1) is 22.9 Å². The molecule has 0 spiro atoms. The van der Waals surface area contributed by atoms with Crippen LogP contribution in [0.4, 0.5) is 13.2 Å². The highest BCUT2D eigenvalue weighted by Crippen LogP contribution is 2.52. The fourth-order valence-corrected chi connectivity index (χ4v) is 3.33. The molecule has 2 aromatic rings. The van der Waals surface area contributed by atoms with Gasteiger partial charge in [-0.3, -0.25) is 9.48 Å². The minimum absolute atomic E-state index is 0.000354. The van der Waals surface area contributed by atoms with E-state index in [-0.39, 0.29) is 30.0 Å². The molecule has 2 aliphatic carbocycles. The molecule has 29 heavy (non-hydrogen) atoms. The zero-order chi connectivity index (χ0) is 20.8. The number of halogens is 3. The molecule has 1 aromatic carbocycles. The van der Waals surface area contributed by atoms with Crippen LogP contribution >= 0.6 is 0 Å². The van der Waals surface area contributed by atoms with Crippen LogP contribution in [0.2, 0.25) is 0 Å². The van der Waals surface area contributed by atoms with Crippen LogP contribution in [0, 0.1) is 11.3 Å². The third kappa shape index (κ3) is 3.92. The highest BCUT2D eigenvalue weighted by atomic mass is 19.4. The van der Waals surface area contributed by atoms with Gasteiger partial charge in [-0.2, -0.15) is 23.5 Å². The minimum Gasteiger partial charge on any atom is -0.453 e. The molecule has 2 aliphatic rings. The predicted octanol–water partition coefficient (Wildman–Crippen LogP) is 4.07. The molecule has 152 valence electrons. The lowest BCUT2D eigenvalue weighted by Crippen LogP contribution is -2.25. The monoisotopic (exact) mass is 404 g/mol. The number of likely N-dealkylation sites (N-methyl/N-ethyl adjacent to an activating group) is 1. The number of aromatic nitrogens is 2. The molecule has 0 radical (unpaired) electrons. The van der Waals surface area contributed by atoms with Crippen molar-refractivity contribution < 1.29 is 22.7 Å². The van der Waals surface area contributed by atoms with Gasteiger partial charge >= 0.3 is 6.18 Å². The lowest BCUT2D eigenvalue weighted by atomic mass is 10.1. The Balaban J connectivity index is 1.75. The molecule has 9 heteroatoms. The summed E-state index contributed by atoms with van der Waals surface area (Å²) in [7, 11) is 1.54. The molecule has 1 aromatic heterocycles. The Bertz CT molecular complexity index is 998. The number of hydrogen-bond donors (Lipinski definition) is 1. The first-order chi connectivity index (χ1) is 13.8. The van der Waals surface area contributed by atoms with Crippen LogP contribution < -0.4 is 10.1 Å². The van der Waals surface area contributed by atoms with Gasteiger partial charge in [-0.1, -0.05) is 0 Å². The Morgan fingerprint density at radius 1 is 1.31 bits per heavy atom. The standard InChI is InChI=1S/C20H19F3N4O2/c1-25-16(28)10-27-18(12-4-5-12)19(17(26-27)11-2-3-11)29-14-7-6-13(9-24)15(8-14)20(21,22)23/h6-8,11-12H,2-5,10H2,1H3,(H,25,28). The van der Waals surface area contributed by atoms with Crippen LogP contribution in [-0.2, 0) is 17.5 Å². The number of nitriles is 1. The second-order valence-corrected chi connectivity index (χ2v) is 7.40. The number of hydrogen-bond acceptors (Lipinski definition) is 4. The first-order valence-electron chi connectivity index (χ1n) is 9.42. The largest absolute Gasteiger partial charge is 0.453 e. The molecule has 1 amide bonds. The van der Waals surface area contributed by atoms with Crippen molar-refractivity contribution in [2.24, 2.45) is 0 Å². The predicted molar refractivity (Wildman–Crippen MR) is 96.5 cm³/mol. The van der Waals surface area contributed by atoms with Gasteiger partial charge in [0.1, 0.15) is 18.0 Å². The number of alkyl halides is 3. The Kier molecular flexibility index (Phi) is 4.73. The summed E-state index contributed by atoms with van der Waals surface area (Å²) in [5.74, 6) is 0.612. The maximum Gasteiger partial charge on any atom is 0.417 e. The number of carbonyl (C=O) groups excluding carboxylic acids is 1. The molecule has 4 rings (SSSR count). The fourth-order valence-electron chi connectivity index (χ4n) is 3.33. The highest BCUT2D eigenvalue weighted by molar-refractivity contribution is 5.75. The molecule has 0 bridgehead atoms. The van der Waals surface area contributed by atoms with E-state index < -0.39 is 17.3 Å². The normalized spacial score (nSPS) is 16.4. The van der Waals surface area contributed by atoms with Crippen molar-refractivity contribution in [3.05, 3.63) is 40.7 Å². The lowest BCUT2D eigenvalue weighted by molar-refractivity contribution is -0.137. The first kappa shape index (κ1) is 19.3. The summed E-state index contributed by atoms with van der Waals surface area (Å²) in [6, 6.07) is 4.89. The number of rotatable bonds is 6. The highest BCUT2D eigenvalue weighted by Gasteiger charge is 2.39. The summed E-state index contributed by atoms with van der Waals surface area (Å²) >= 11 is 0. The quantitative estimate of drug-likeness (QED) is 0.787. The van der Waals surface area contributed by atoms with Crippen molar-refractivity contribution >= 4 is 5.91 Å². The summed E-state index contributed by atoms with van der Waals surface area (Å²) in [4.78, 5) is 11.9. The SMILES string of the molecule is CNC(=O)Cn1nc(C2CC2)c(Oc2ccc(C#N)c(C(F)(F)F)c2)c1C1CC1. The number of ether oxygens (including phenoxy) is 1. The van der Waals surface area contributed by atoms with E-state index in [2.05, 4.69) is 10.4 Å². The number of nitrogens with zero attached hydrogens (tertiary/aromatic N) is 3. The van der Waals surface area contributed by atoms with Crippen LogP contribution in [0.3, 0.4) is 0 Å². The molecular weight excluding hydrogens is 385 g/mol. The third-order valence-corrected chi connectivity index (χ3v) is 5.11. The van der Waals surface area contributed by atoms with Crippen LogP contribution in [0.25, 0.3) is 0 Å². The molecule has 0 unspecified atom stereocenters. The van der Waals surface area contributed by atoms with Crippen molar-refractivity contribution in [2.45, 2.75) is 50.2 Å². The second kappa shape index (κ2) is 7.10. The Morgan fingerprint density at radius 3 is 2.55 bits per heavy atom. The second-order valence-electron chi connectivity index (χ2n) is 7.40. The van der Waals surface area contributed by atoms with Gasteiger partial charge in [0.15, 0.2) is 5.75 Å². The van der Waals surface area contributed by atoms with E-state index in [0.29, 0.717) is 11.4 Å². The fraction of sp³-hybridized carbons (Fsp3) is 0.450. The van der Waals surface area contributed by atoms with Gasteiger partial charge in [0.25, 0.3) is 0 Å². The molecular formula is C20H19F3N4O2. The molecule has 0 atom stereocenters. The van der Waals surface area contributed by atoms with E-state index in [1.165, 1.54) is 13.1 Å². The van der Waals surface area contributed by atoms with E-state index in [4.69, 9.17) is 10.00 Å². The average Bonchev–Trinajstić information content (AvgIpc) is 3.60. The maximum absolute atomic E-state index is 13.3. The maximum atomic E-state index is 13.3. The van der Waals surface area contributed by atoms with Gasteiger partial charge in [-0.15, -0.1) is 0 Å². The zero-order valence-corrected chi connectivity index (χ0v) is 15.7. The van der Waals surface area contributed by atoms with Crippen molar-refractivity contribution in [2.75, 3.05) is 7.05 Å². The number of carbonyl (C=O) groups is 1. The van der Waals surface area contributed by atoms with Gasteiger partial charge in [0.2, 0.25) is 5.91 Å². The van der Waals surface area contributed by atoms with E-state index in [9.17, 15) is 18.0 Å². The average molecular weight is 404 g/mol. The van der Waals surface area contributed by atoms with E-state index in [1.54, 1.807) is 10.8 Å². The van der Waals surface area contributed by atoms with Gasteiger partial charge < -0.3 is 10.1 Å². The van der Waals surface area contributed by atoms with Crippen LogP contribution in [0.5, 0.6) is 11.5 Å². The molecule has 0 saturated heterocycles. The van der Waals surface area contributed by atoms with Crippen LogP contribution in [0.1, 0.15) is 60.0 Å². The molecule has 2 fully saturated rings. The minimum atomic E-state index is -4.66. The number of nitrogens with one attached hydrogen (secondary N) is 1. The van der Waals surface area contributed by atoms with Crippen molar-refractivity contribution in [1.82, 2.24) is 15.1 Å². The summed E-state index contributed by atoms with van der Waals surface area (Å²) in [5, 5.41) is 16.1. The summed E-state index contributed by atoms with van der Waals surface area (Å²) in [6.45, 7) is 0.0343. The van der Waals surface area contributed by atoms with Crippen LogP contribution in [0.15, 0.2) is 18.2 Å². The Labute approximate surface area is 165 Å². The third-order valence-electron chi connectivity index (χ3n) is 5.11. The topological polar surface area (TPSA) is 79.9 Å². The Morgan fingerprint density at radius 2 is 2.00 bits per heavy atom. The molecule has 1 heterocycles. The van der Waals surface area contributed by atoms with E-state index in [1.807, 2.05) is 0 Å². The number of amides is 1. The van der Waals surface area contributed by atoms with Crippen molar-refractivity contribution in [3.63, 3.8) is 0 Å². The van der Waals surface area contributed by atoms with Gasteiger partial charge in [-0.25, -0.2) is 0 Å². The number of benzene rings is 1. The molecule has 6 nitrogen and oxygen atoms in total. The van der Waals surface area contributed by atoms with Gasteiger partial charge in [0, 0.05) is 18.9 Å².